The van der Waals surface area contributed by atoms with Crippen LogP contribution in [0, 0.1) is 5.82 Å². The first-order valence-corrected chi connectivity index (χ1v) is 5.61. The van der Waals surface area contributed by atoms with Crippen molar-refractivity contribution in [2.75, 3.05) is 0 Å². The molecule has 0 saturated carbocycles. The molecule has 0 aliphatic rings. The molecule has 0 bridgehead atoms. The molecule has 6 heteroatoms. The molecular formula is C12H6Cl2FNO2. The molecule has 0 saturated heterocycles. The minimum absolute atomic E-state index is 0.0195. The highest BCUT2D eigenvalue weighted by atomic mass is 35.5. The fourth-order valence-electron chi connectivity index (χ4n) is 1.28. The molecule has 0 amide bonds. The fraction of sp³-hybridized carbons (Fsp3) is 0. The molecule has 0 fully saturated rings. The summed E-state index contributed by atoms with van der Waals surface area (Å²) in [6, 6.07) is 6.65. The lowest BCUT2D eigenvalue weighted by Gasteiger charge is -2.08. The summed E-state index contributed by atoms with van der Waals surface area (Å²) >= 11 is 11.2. The van der Waals surface area contributed by atoms with Crippen LogP contribution in [0.2, 0.25) is 5.02 Å². The third kappa shape index (κ3) is 2.78. The van der Waals surface area contributed by atoms with Crippen LogP contribution in [-0.4, -0.2) is 10.2 Å². The van der Waals surface area contributed by atoms with Gasteiger partial charge in [-0.1, -0.05) is 11.6 Å². The summed E-state index contributed by atoms with van der Waals surface area (Å²) in [6.07, 6.45) is 1.44. The van der Waals surface area contributed by atoms with E-state index in [9.17, 15) is 9.18 Å². The van der Waals surface area contributed by atoms with Gasteiger partial charge in [-0.25, -0.2) is 9.37 Å². The third-order valence-corrected chi connectivity index (χ3v) is 2.58. The van der Waals surface area contributed by atoms with Crippen molar-refractivity contribution in [3.05, 3.63) is 52.9 Å². The summed E-state index contributed by atoms with van der Waals surface area (Å²) in [7, 11) is 0. The predicted molar refractivity (Wildman–Crippen MR) is 65.9 cm³/mol. The molecule has 0 aliphatic heterocycles. The van der Waals surface area contributed by atoms with Crippen molar-refractivity contribution < 1.29 is 13.9 Å². The first-order valence-electron chi connectivity index (χ1n) is 4.85. The van der Waals surface area contributed by atoms with Crippen LogP contribution in [0.4, 0.5) is 4.39 Å². The van der Waals surface area contributed by atoms with Crippen molar-refractivity contribution in [2.45, 2.75) is 0 Å². The van der Waals surface area contributed by atoms with Crippen molar-refractivity contribution in [2.24, 2.45) is 0 Å². The number of pyridine rings is 1. The van der Waals surface area contributed by atoms with Gasteiger partial charge in [0, 0.05) is 6.20 Å². The third-order valence-electron chi connectivity index (χ3n) is 2.08. The van der Waals surface area contributed by atoms with Crippen molar-refractivity contribution >= 4 is 28.4 Å². The Morgan fingerprint density at radius 3 is 2.78 bits per heavy atom. The zero-order valence-corrected chi connectivity index (χ0v) is 10.4. The van der Waals surface area contributed by atoms with Gasteiger partial charge in [-0.15, -0.1) is 0 Å². The molecule has 0 spiro atoms. The Bertz CT molecular complexity index is 604. The van der Waals surface area contributed by atoms with E-state index in [4.69, 9.17) is 27.9 Å². The van der Waals surface area contributed by atoms with E-state index in [-0.39, 0.29) is 22.2 Å². The van der Waals surface area contributed by atoms with Gasteiger partial charge in [-0.05, 0) is 41.9 Å². The number of rotatable bonds is 3. The second-order valence-corrected chi connectivity index (χ2v) is 4.06. The summed E-state index contributed by atoms with van der Waals surface area (Å²) in [5, 5.41) is -0.620. The van der Waals surface area contributed by atoms with Crippen LogP contribution in [0.15, 0.2) is 36.5 Å². The summed E-state index contributed by atoms with van der Waals surface area (Å²) < 4.78 is 18.2. The second kappa shape index (κ2) is 5.33. The number of halogens is 3. The molecule has 18 heavy (non-hydrogen) atoms. The molecule has 92 valence electrons. The Balaban J connectivity index is 2.37. The van der Waals surface area contributed by atoms with Gasteiger partial charge in [0.25, 0.3) is 5.24 Å². The number of nitrogens with zero attached hydrogens (tertiary/aromatic N) is 1. The average Bonchev–Trinajstić information content (AvgIpc) is 2.33. The van der Waals surface area contributed by atoms with E-state index in [1.807, 2.05) is 0 Å². The number of ether oxygens (including phenoxy) is 1. The van der Waals surface area contributed by atoms with Crippen molar-refractivity contribution in [3.8, 4) is 11.6 Å². The van der Waals surface area contributed by atoms with Gasteiger partial charge < -0.3 is 4.74 Å². The molecule has 0 unspecified atom stereocenters. The van der Waals surface area contributed by atoms with Crippen LogP contribution in [0.5, 0.6) is 11.6 Å². The predicted octanol–water partition coefficient (Wildman–Crippen LogP) is 4.05. The molecule has 0 atom stereocenters. The van der Waals surface area contributed by atoms with Gasteiger partial charge in [0.15, 0.2) is 0 Å². The summed E-state index contributed by atoms with van der Waals surface area (Å²) in [4.78, 5) is 15.0. The van der Waals surface area contributed by atoms with E-state index < -0.39 is 11.1 Å². The highest BCUT2D eigenvalue weighted by molar-refractivity contribution is 6.68. The Kier molecular flexibility index (Phi) is 3.79. The van der Waals surface area contributed by atoms with Gasteiger partial charge >= 0.3 is 0 Å². The molecule has 0 N–H and O–H groups in total. The summed E-state index contributed by atoms with van der Waals surface area (Å²) in [5.41, 5.74) is 0.111. The number of hydrogen-bond donors (Lipinski definition) is 0. The molecule has 2 aromatic rings. The molecule has 1 aromatic carbocycles. The van der Waals surface area contributed by atoms with Crippen LogP contribution < -0.4 is 4.74 Å². The van der Waals surface area contributed by atoms with E-state index in [0.29, 0.717) is 0 Å². The SMILES string of the molecule is O=C(Cl)c1cccnc1Oc1ccc(F)cc1Cl. The molecule has 2 rings (SSSR count). The molecule has 1 aromatic heterocycles. The number of aromatic nitrogens is 1. The maximum Gasteiger partial charge on any atom is 0.257 e. The van der Waals surface area contributed by atoms with Crippen LogP contribution in [0.3, 0.4) is 0 Å². The second-order valence-electron chi connectivity index (χ2n) is 3.31. The number of carbonyl (C=O) groups excluding carboxylic acids is 1. The normalized spacial score (nSPS) is 10.2. The highest BCUT2D eigenvalue weighted by Crippen LogP contribution is 2.30. The van der Waals surface area contributed by atoms with Gasteiger partial charge in [-0.3, -0.25) is 4.79 Å². The Hall–Kier alpha value is -1.65. The Morgan fingerprint density at radius 2 is 2.11 bits per heavy atom. The zero-order chi connectivity index (χ0) is 13.1. The Morgan fingerprint density at radius 1 is 1.33 bits per heavy atom. The number of carbonyl (C=O) groups is 1. The van der Waals surface area contributed by atoms with Gasteiger partial charge in [0.1, 0.15) is 11.6 Å². The van der Waals surface area contributed by atoms with E-state index in [0.717, 1.165) is 6.07 Å². The average molecular weight is 286 g/mol. The van der Waals surface area contributed by atoms with Crippen molar-refractivity contribution in [3.63, 3.8) is 0 Å². The van der Waals surface area contributed by atoms with Crippen LogP contribution >= 0.6 is 23.2 Å². The minimum Gasteiger partial charge on any atom is -0.437 e. The smallest absolute Gasteiger partial charge is 0.257 e. The fourth-order valence-corrected chi connectivity index (χ4v) is 1.63. The van der Waals surface area contributed by atoms with Crippen LogP contribution in [-0.2, 0) is 0 Å². The van der Waals surface area contributed by atoms with Gasteiger partial charge in [0.2, 0.25) is 5.88 Å². The standard InChI is InChI=1S/C12H6Cl2FNO2/c13-9-6-7(15)3-4-10(9)18-12-8(11(14)17)2-1-5-16-12/h1-6H. The summed E-state index contributed by atoms with van der Waals surface area (Å²) in [6.45, 7) is 0. The molecule has 0 radical (unpaired) electrons. The molecule has 1 heterocycles. The topological polar surface area (TPSA) is 39.2 Å². The van der Waals surface area contributed by atoms with Crippen molar-refractivity contribution in [1.29, 1.82) is 0 Å². The monoisotopic (exact) mass is 285 g/mol. The van der Waals surface area contributed by atoms with E-state index >= 15 is 0 Å². The molecular weight excluding hydrogens is 280 g/mol. The number of hydrogen-bond acceptors (Lipinski definition) is 3. The summed E-state index contributed by atoms with van der Waals surface area (Å²) in [5.74, 6) is -0.274. The number of benzene rings is 1. The van der Waals surface area contributed by atoms with Crippen LogP contribution in [0.25, 0.3) is 0 Å². The van der Waals surface area contributed by atoms with Crippen LogP contribution in [0.1, 0.15) is 10.4 Å². The lowest BCUT2D eigenvalue weighted by atomic mass is 10.3. The lowest BCUT2D eigenvalue weighted by molar-refractivity contribution is 0.107. The van der Waals surface area contributed by atoms with Crippen molar-refractivity contribution in [1.82, 2.24) is 4.98 Å². The lowest BCUT2D eigenvalue weighted by Crippen LogP contribution is -1.97. The maximum absolute atomic E-state index is 12.9. The largest absolute Gasteiger partial charge is 0.437 e. The molecule has 0 aliphatic carbocycles. The van der Waals surface area contributed by atoms with E-state index in [1.54, 1.807) is 6.07 Å². The first kappa shape index (κ1) is 12.8. The van der Waals surface area contributed by atoms with Gasteiger partial charge in [0.05, 0.1) is 10.6 Å². The maximum atomic E-state index is 12.9. The quantitative estimate of drug-likeness (QED) is 0.799. The highest BCUT2D eigenvalue weighted by Gasteiger charge is 2.13. The van der Waals surface area contributed by atoms with E-state index in [2.05, 4.69) is 4.98 Å². The van der Waals surface area contributed by atoms with E-state index in [1.165, 1.54) is 24.4 Å². The Labute approximate surface area is 112 Å². The minimum atomic E-state index is -0.698. The zero-order valence-electron chi connectivity index (χ0n) is 8.86. The first-order chi connectivity index (χ1) is 8.58. The van der Waals surface area contributed by atoms with Gasteiger partial charge in [-0.2, -0.15) is 0 Å². The molecule has 3 nitrogen and oxygen atoms in total.